The number of nitrogens with zero attached hydrogens (tertiary/aromatic N) is 3. The number of nitrogens with one attached hydrogen (secondary N) is 1. The van der Waals surface area contributed by atoms with Gasteiger partial charge in [-0.2, -0.15) is 0 Å². The SMILES string of the molecule is Cc1ccc(CC(=O)c2cn(C3CNC3)nn2)cc1C. The molecule has 1 aromatic carbocycles. The molecule has 0 unspecified atom stereocenters. The number of benzene rings is 1. The predicted octanol–water partition coefficient (Wildman–Crippen LogP) is 1.46. The van der Waals surface area contributed by atoms with Crippen LogP contribution in [-0.2, 0) is 6.42 Å². The van der Waals surface area contributed by atoms with Gasteiger partial charge in [-0.25, -0.2) is 4.68 Å². The minimum Gasteiger partial charge on any atom is -0.312 e. The summed E-state index contributed by atoms with van der Waals surface area (Å²) in [6, 6.07) is 6.45. The summed E-state index contributed by atoms with van der Waals surface area (Å²) < 4.78 is 1.78. The molecule has 0 amide bonds. The lowest BCUT2D eigenvalue weighted by atomic mass is 10.0. The number of rotatable bonds is 4. The van der Waals surface area contributed by atoms with Crippen LogP contribution in [0.4, 0.5) is 0 Å². The highest BCUT2D eigenvalue weighted by atomic mass is 16.1. The number of aryl methyl sites for hydroxylation is 2. The van der Waals surface area contributed by atoms with Crippen LogP contribution in [0.1, 0.15) is 33.2 Å². The molecule has 1 aliphatic rings. The van der Waals surface area contributed by atoms with Crippen molar-refractivity contribution in [1.82, 2.24) is 20.3 Å². The summed E-state index contributed by atoms with van der Waals surface area (Å²) in [5.41, 5.74) is 3.93. The lowest BCUT2D eigenvalue weighted by Crippen LogP contribution is -2.43. The first-order valence-corrected chi connectivity index (χ1v) is 6.85. The minimum atomic E-state index is 0.0202. The molecule has 0 atom stereocenters. The highest BCUT2D eigenvalue weighted by molar-refractivity contribution is 5.95. The normalized spacial score (nSPS) is 15.1. The first-order chi connectivity index (χ1) is 9.63. The molecule has 0 aliphatic carbocycles. The smallest absolute Gasteiger partial charge is 0.189 e. The predicted molar refractivity (Wildman–Crippen MR) is 75.9 cm³/mol. The Morgan fingerprint density at radius 3 is 2.80 bits per heavy atom. The van der Waals surface area contributed by atoms with E-state index in [1.165, 1.54) is 11.1 Å². The number of ketones is 1. The molecular formula is C15H18N4O. The third-order valence-electron chi connectivity index (χ3n) is 3.87. The van der Waals surface area contributed by atoms with Crippen LogP contribution >= 0.6 is 0 Å². The largest absolute Gasteiger partial charge is 0.312 e. The van der Waals surface area contributed by atoms with Gasteiger partial charge < -0.3 is 5.32 Å². The summed E-state index contributed by atoms with van der Waals surface area (Å²) in [5, 5.41) is 11.2. The van der Waals surface area contributed by atoms with Gasteiger partial charge in [0.25, 0.3) is 0 Å². The molecule has 1 saturated heterocycles. The van der Waals surface area contributed by atoms with Gasteiger partial charge in [0.1, 0.15) is 5.69 Å². The first-order valence-electron chi connectivity index (χ1n) is 6.85. The molecule has 104 valence electrons. The van der Waals surface area contributed by atoms with E-state index in [0.29, 0.717) is 18.2 Å². The number of carbonyl (C=O) groups excluding carboxylic acids is 1. The number of hydrogen-bond acceptors (Lipinski definition) is 4. The van der Waals surface area contributed by atoms with E-state index in [0.717, 1.165) is 18.7 Å². The standard InChI is InChI=1S/C15H18N4O/c1-10-3-4-12(5-11(10)2)6-15(20)14-9-19(18-17-14)13-7-16-8-13/h3-5,9,13,16H,6-8H2,1-2H3. The second-order valence-corrected chi connectivity index (χ2v) is 5.41. The van der Waals surface area contributed by atoms with Crippen molar-refractivity contribution >= 4 is 5.78 Å². The van der Waals surface area contributed by atoms with Gasteiger partial charge in [-0.3, -0.25) is 4.79 Å². The molecule has 5 heteroatoms. The number of aromatic nitrogens is 3. The zero-order valence-corrected chi connectivity index (χ0v) is 11.8. The summed E-state index contributed by atoms with van der Waals surface area (Å²) in [4.78, 5) is 12.2. The molecule has 5 nitrogen and oxygen atoms in total. The molecule has 1 aromatic heterocycles. The van der Waals surface area contributed by atoms with Crippen molar-refractivity contribution in [2.24, 2.45) is 0 Å². The van der Waals surface area contributed by atoms with Gasteiger partial charge in [0.2, 0.25) is 0 Å². The molecular weight excluding hydrogens is 252 g/mol. The van der Waals surface area contributed by atoms with Gasteiger partial charge in [0.15, 0.2) is 5.78 Å². The Labute approximate surface area is 118 Å². The van der Waals surface area contributed by atoms with Crippen LogP contribution in [-0.4, -0.2) is 33.9 Å². The molecule has 2 aromatic rings. The second kappa shape index (κ2) is 5.17. The van der Waals surface area contributed by atoms with Gasteiger partial charge in [-0.1, -0.05) is 23.4 Å². The summed E-state index contributed by atoms with van der Waals surface area (Å²) in [5.74, 6) is 0.0202. The van der Waals surface area contributed by atoms with Crippen molar-refractivity contribution in [3.63, 3.8) is 0 Å². The van der Waals surface area contributed by atoms with Gasteiger partial charge in [-0.15, -0.1) is 5.10 Å². The molecule has 1 N–H and O–H groups in total. The van der Waals surface area contributed by atoms with Crippen molar-refractivity contribution in [3.05, 3.63) is 46.8 Å². The molecule has 2 heterocycles. The Bertz CT molecular complexity index is 643. The molecule has 0 spiro atoms. The monoisotopic (exact) mass is 270 g/mol. The maximum atomic E-state index is 12.2. The number of Topliss-reactive ketones (excluding diaryl/α,β-unsaturated/α-hetero) is 1. The molecule has 0 saturated carbocycles. The van der Waals surface area contributed by atoms with Gasteiger partial charge in [0.05, 0.1) is 12.2 Å². The van der Waals surface area contributed by atoms with Crippen LogP contribution in [0, 0.1) is 13.8 Å². The number of carbonyl (C=O) groups is 1. The van der Waals surface area contributed by atoms with Crippen molar-refractivity contribution in [3.8, 4) is 0 Å². The van der Waals surface area contributed by atoms with Crippen LogP contribution in [0.25, 0.3) is 0 Å². The molecule has 3 rings (SSSR count). The highest BCUT2D eigenvalue weighted by Crippen LogP contribution is 2.14. The van der Waals surface area contributed by atoms with E-state index in [1.807, 2.05) is 6.07 Å². The van der Waals surface area contributed by atoms with E-state index in [2.05, 4.69) is 41.6 Å². The van der Waals surface area contributed by atoms with Crippen molar-refractivity contribution < 1.29 is 4.79 Å². The van der Waals surface area contributed by atoms with E-state index in [4.69, 9.17) is 0 Å². The van der Waals surface area contributed by atoms with E-state index >= 15 is 0 Å². The van der Waals surface area contributed by atoms with Gasteiger partial charge in [-0.05, 0) is 30.5 Å². The number of hydrogen-bond donors (Lipinski definition) is 1. The van der Waals surface area contributed by atoms with Crippen molar-refractivity contribution in [1.29, 1.82) is 0 Å². The zero-order chi connectivity index (χ0) is 14.1. The summed E-state index contributed by atoms with van der Waals surface area (Å²) in [6.07, 6.45) is 2.14. The van der Waals surface area contributed by atoms with Crippen LogP contribution in [0.3, 0.4) is 0 Å². The zero-order valence-electron chi connectivity index (χ0n) is 11.8. The molecule has 1 fully saturated rings. The Morgan fingerprint density at radius 2 is 2.15 bits per heavy atom. The summed E-state index contributed by atoms with van der Waals surface area (Å²) >= 11 is 0. The Kier molecular flexibility index (Phi) is 3.36. The minimum absolute atomic E-state index is 0.0202. The molecule has 0 bridgehead atoms. The van der Waals surface area contributed by atoms with Crippen LogP contribution in [0.15, 0.2) is 24.4 Å². The Balaban J connectivity index is 1.71. The third kappa shape index (κ3) is 2.49. The van der Waals surface area contributed by atoms with Crippen molar-refractivity contribution in [2.45, 2.75) is 26.3 Å². The lowest BCUT2D eigenvalue weighted by molar-refractivity contribution is 0.0988. The fraction of sp³-hybridized carbons (Fsp3) is 0.400. The van der Waals surface area contributed by atoms with Gasteiger partial charge in [0, 0.05) is 19.5 Å². The lowest BCUT2D eigenvalue weighted by Gasteiger charge is -2.26. The fourth-order valence-electron chi connectivity index (χ4n) is 2.23. The maximum absolute atomic E-state index is 12.2. The molecule has 0 radical (unpaired) electrons. The molecule has 1 aliphatic heterocycles. The summed E-state index contributed by atoms with van der Waals surface area (Å²) in [6.45, 7) is 5.92. The third-order valence-corrected chi connectivity index (χ3v) is 3.87. The fourth-order valence-corrected chi connectivity index (χ4v) is 2.23. The van der Waals surface area contributed by atoms with Crippen LogP contribution < -0.4 is 5.32 Å². The van der Waals surface area contributed by atoms with E-state index in [9.17, 15) is 4.79 Å². The Morgan fingerprint density at radius 1 is 1.35 bits per heavy atom. The Hall–Kier alpha value is -2.01. The quantitative estimate of drug-likeness (QED) is 0.855. The maximum Gasteiger partial charge on any atom is 0.189 e. The van der Waals surface area contributed by atoms with E-state index in [-0.39, 0.29) is 5.78 Å². The first kappa shape index (κ1) is 13.0. The average Bonchev–Trinajstić information content (AvgIpc) is 2.81. The molecule has 20 heavy (non-hydrogen) atoms. The van der Waals surface area contributed by atoms with E-state index in [1.54, 1.807) is 10.9 Å². The summed E-state index contributed by atoms with van der Waals surface area (Å²) in [7, 11) is 0. The highest BCUT2D eigenvalue weighted by Gasteiger charge is 2.21. The van der Waals surface area contributed by atoms with E-state index < -0.39 is 0 Å². The van der Waals surface area contributed by atoms with Crippen LogP contribution in [0.2, 0.25) is 0 Å². The topological polar surface area (TPSA) is 59.8 Å². The van der Waals surface area contributed by atoms with Crippen molar-refractivity contribution in [2.75, 3.05) is 13.1 Å². The van der Waals surface area contributed by atoms with Crippen LogP contribution in [0.5, 0.6) is 0 Å². The van der Waals surface area contributed by atoms with Gasteiger partial charge >= 0.3 is 0 Å². The average molecular weight is 270 g/mol. The second-order valence-electron chi connectivity index (χ2n) is 5.41.